The van der Waals surface area contributed by atoms with E-state index in [4.69, 9.17) is 0 Å². The molecule has 0 spiro atoms. The zero-order valence-electron chi connectivity index (χ0n) is 15.4. The van der Waals surface area contributed by atoms with Gasteiger partial charge in [0.15, 0.2) is 0 Å². The second-order valence-electron chi connectivity index (χ2n) is 6.82. The predicted molar refractivity (Wildman–Crippen MR) is 109 cm³/mol. The van der Waals surface area contributed by atoms with Gasteiger partial charge in [-0.1, -0.05) is 30.3 Å². The largest absolute Gasteiger partial charge is 0.349 e. The van der Waals surface area contributed by atoms with E-state index in [1.165, 1.54) is 0 Å². The summed E-state index contributed by atoms with van der Waals surface area (Å²) in [6.07, 6.45) is 1.60. The molecule has 2 aromatic heterocycles. The third-order valence-corrected chi connectivity index (χ3v) is 4.81. The molecular formula is C21H20N4O2. The topological polar surface area (TPSA) is 72.2 Å². The Labute approximate surface area is 155 Å². The molecule has 2 aromatic carbocycles. The Bertz CT molecular complexity index is 1310. The Hall–Kier alpha value is -3.41. The molecule has 0 radical (unpaired) electrons. The van der Waals surface area contributed by atoms with Gasteiger partial charge in [0.2, 0.25) is 0 Å². The SMILES string of the molecule is Cc1c(C=Nn2c(=O)[nH]c3ccccc3c2=O)c2ccccc2n1C(C)C. The number of nitrogens with one attached hydrogen (secondary N) is 1. The molecule has 6 heteroatoms. The molecule has 0 aliphatic rings. The molecule has 0 amide bonds. The maximum Gasteiger partial charge on any atom is 0.349 e. The summed E-state index contributed by atoms with van der Waals surface area (Å²) in [5, 5.41) is 5.70. The number of aromatic amines is 1. The molecule has 0 saturated carbocycles. The van der Waals surface area contributed by atoms with E-state index in [0.29, 0.717) is 10.9 Å². The third kappa shape index (κ3) is 2.70. The minimum absolute atomic E-state index is 0.281. The molecule has 1 N–H and O–H groups in total. The number of fused-ring (bicyclic) bond motifs is 2. The van der Waals surface area contributed by atoms with Crippen molar-refractivity contribution < 1.29 is 0 Å². The van der Waals surface area contributed by atoms with Gasteiger partial charge in [-0.2, -0.15) is 5.10 Å². The molecule has 0 saturated heterocycles. The fourth-order valence-electron chi connectivity index (χ4n) is 3.62. The van der Waals surface area contributed by atoms with Crippen molar-refractivity contribution in [3.63, 3.8) is 0 Å². The molecule has 0 unspecified atom stereocenters. The van der Waals surface area contributed by atoms with Crippen molar-refractivity contribution in [2.45, 2.75) is 26.8 Å². The molecule has 27 heavy (non-hydrogen) atoms. The van der Waals surface area contributed by atoms with Gasteiger partial charge < -0.3 is 9.55 Å². The molecule has 4 aromatic rings. The number of benzene rings is 2. The van der Waals surface area contributed by atoms with Gasteiger partial charge in [-0.3, -0.25) is 4.79 Å². The van der Waals surface area contributed by atoms with Crippen LogP contribution in [0.3, 0.4) is 0 Å². The van der Waals surface area contributed by atoms with Gasteiger partial charge in [-0.15, -0.1) is 4.68 Å². The quantitative estimate of drug-likeness (QED) is 0.569. The number of hydrogen-bond donors (Lipinski definition) is 1. The van der Waals surface area contributed by atoms with Gasteiger partial charge in [0.25, 0.3) is 5.56 Å². The third-order valence-electron chi connectivity index (χ3n) is 4.81. The number of rotatable bonds is 3. The van der Waals surface area contributed by atoms with Gasteiger partial charge >= 0.3 is 5.69 Å². The van der Waals surface area contributed by atoms with Crippen LogP contribution in [0.1, 0.15) is 31.1 Å². The average molecular weight is 360 g/mol. The summed E-state index contributed by atoms with van der Waals surface area (Å²) in [4.78, 5) is 27.7. The van der Waals surface area contributed by atoms with E-state index >= 15 is 0 Å². The van der Waals surface area contributed by atoms with Crippen LogP contribution >= 0.6 is 0 Å². The van der Waals surface area contributed by atoms with Crippen molar-refractivity contribution in [1.82, 2.24) is 14.2 Å². The molecule has 4 rings (SSSR count). The van der Waals surface area contributed by atoms with E-state index in [2.05, 4.69) is 34.6 Å². The van der Waals surface area contributed by atoms with E-state index < -0.39 is 11.2 Å². The highest BCUT2D eigenvalue weighted by Crippen LogP contribution is 2.27. The minimum Gasteiger partial charge on any atom is -0.342 e. The molecule has 0 aliphatic carbocycles. The maximum absolute atomic E-state index is 12.7. The minimum atomic E-state index is -0.555. The summed E-state index contributed by atoms with van der Waals surface area (Å²) >= 11 is 0. The van der Waals surface area contributed by atoms with Crippen molar-refractivity contribution >= 4 is 28.0 Å². The molecule has 2 heterocycles. The Morgan fingerprint density at radius 1 is 1.00 bits per heavy atom. The Kier molecular flexibility index (Phi) is 4.03. The van der Waals surface area contributed by atoms with Crippen LogP contribution in [0.15, 0.2) is 63.2 Å². The van der Waals surface area contributed by atoms with Crippen molar-refractivity contribution in [3.8, 4) is 0 Å². The fourth-order valence-corrected chi connectivity index (χ4v) is 3.62. The first-order valence-corrected chi connectivity index (χ1v) is 8.87. The first kappa shape index (κ1) is 17.0. The van der Waals surface area contributed by atoms with Gasteiger partial charge in [0, 0.05) is 28.2 Å². The summed E-state index contributed by atoms with van der Waals surface area (Å²) in [5.41, 5.74) is 2.56. The predicted octanol–water partition coefficient (Wildman–Crippen LogP) is 3.42. The molecule has 0 bridgehead atoms. The van der Waals surface area contributed by atoms with Crippen LogP contribution in [0.5, 0.6) is 0 Å². The molecule has 0 fully saturated rings. The van der Waals surface area contributed by atoms with Crippen molar-refractivity contribution in [2.24, 2.45) is 5.10 Å². The van der Waals surface area contributed by atoms with Gasteiger partial charge in [-0.05, 0) is 39.0 Å². The monoisotopic (exact) mass is 360 g/mol. The number of hydrogen-bond acceptors (Lipinski definition) is 3. The van der Waals surface area contributed by atoms with Crippen LogP contribution in [0.2, 0.25) is 0 Å². The van der Waals surface area contributed by atoms with E-state index in [0.717, 1.165) is 26.8 Å². The first-order chi connectivity index (χ1) is 13.0. The van der Waals surface area contributed by atoms with Crippen LogP contribution in [0.25, 0.3) is 21.8 Å². The second-order valence-corrected chi connectivity index (χ2v) is 6.82. The molecule has 136 valence electrons. The van der Waals surface area contributed by atoms with E-state index in [-0.39, 0.29) is 6.04 Å². The zero-order valence-corrected chi connectivity index (χ0v) is 15.4. The highest BCUT2D eigenvalue weighted by atomic mass is 16.2. The average Bonchev–Trinajstić information content (AvgIpc) is 2.93. The lowest BCUT2D eigenvalue weighted by atomic mass is 10.1. The van der Waals surface area contributed by atoms with Crippen molar-refractivity contribution in [2.75, 3.05) is 0 Å². The highest BCUT2D eigenvalue weighted by Gasteiger charge is 2.14. The number of para-hydroxylation sites is 2. The fraction of sp³-hybridized carbons (Fsp3) is 0.190. The molecule has 0 aliphatic heterocycles. The zero-order chi connectivity index (χ0) is 19.1. The Morgan fingerprint density at radius 3 is 2.41 bits per heavy atom. The lowest BCUT2D eigenvalue weighted by Crippen LogP contribution is -2.32. The summed E-state index contributed by atoms with van der Waals surface area (Å²) in [6.45, 7) is 6.27. The Morgan fingerprint density at radius 2 is 1.67 bits per heavy atom. The smallest absolute Gasteiger partial charge is 0.342 e. The second kappa shape index (κ2) is 6.39. The summed E-state index contributed by atoms with van der Waals surface area (Å²) in [7, 11) is 0. The summed E-state index contributed by atoms with van der Waals surface area (Å²) < 4.78 is 3.10. The van der Waals surface area contributed by atoms with Crippen LogP contribution in [0, 0.1) is 6.92 Å². The van der Waals surface area contributed by atoms with Crippen LogP contribution in [-0.4, -0.2) is 20.4 Å². The van der Waals surface area contributed by atoms with Gasteiger partial charge in [0.05, 0.1) is 17.1 Å². The molecular weight excluding hydrogens is 340 g/mol. The van der Waals surface area contributed by atoms with Gasteiger partial charge in [-0.25, -0.2) is 4.79 Å². The van der Waals surface area contributed by atoms with Crippen LogP contribution < -0.4 is 11.2 Å². The van der Waals surface area contributed by atoms with Crippen molar-refractivity contribution in [1.29, 1.82) is 0 Å². The number of H-pyrrole nitrogens is 1. The Balaban J connectivity index is 1.93. The normalized spacial score (nSPS) is 12.0. The van der Waals surface area contributed by atoms with E-state index in [9.17, 15) is 9.59 Å². The lowest BCUT2D eigenvalue weighted by Gasteiger charge is -2.12. The number of aromatic nitrogens is 3. The summed E-state index contributed by atoms with van der Waals surface area (Å²) in [5.74, 6) is 0. The lowest BCUT2D eigenvalue weighted by molar-refractivity contribution is 0.607. The first-order valence-electron chi connectivity index (χ1n) is 8.87. The van der Waals surface area contributed by atoms with Crippen LogP contribution in [0.4, 0.5) is 0 Å². The highest BCUT2D eigenvalue weighted by molar-refractivity contribution is 6.01. The molecule has 6 nitrogen and oxygen atoms in total. The van der Waals surface area contributed by atoms with Gasteiger partial charge in [0.1, 0.15) is 0 Å². The number of nitrogens with zero attached hydrogens (tertiary/aromatic N) is 3. The molecule has 0 atom stereocenters. The maximum atomic E-state index is 12.7. The summed E-state index contributed by atoms with van der Waals surface area (Å²) in [6, 6.07) is 15.3. The van der Waals surface area contributed by atoms with E-state index in [1.54, 1.807) is 30.5 Å². The van der Waals surface area contributed by atoms with Crippen LogP contribution in [-0.2, 0) is 0 Å². The standard InChI is InChI=1S/C21H20N4O2/c1-13(2)24-14(3)17(15-8-5-7-11-19(15)24)12-22-25-20(26)16-9-4-6-10-18(16)23-21(25)27/h4-13H,1-3H3,(H,23,27). The van der Waals surface area contributed by atoms with Crippen molar-refractivity contribution in [3.05, 3.63) is 80.6 Å². The van der Waals surface area contributed by atoms with E-state index in [1.807, 2.05) is 25.1 Å².